The third-order valence-electron chi connectivity index (χ3n) is 2.56. The predicted octanol–water partition coefficient (Wildman–Crippen LogP) is 3.27. The molecular weight excluding hydrogens is 354 g/mol. The van der Waals surface area contributed by atoms with Crippen LogP contribution in [0.15, 0.2) is 15.1 Å². The summed E-state index contributed by atoms with van der Waals surface area (Å²) in [5, 5.41) is 0. The van der Waals surface area contributed by atoms with Crippen molar-refractivity contribution in [3.63, 3.8) is 0 Å². The molecule has 1 aromatic heterocycles. The van der Waals surface area contributed by atoms with E-state index in [1.807, 2.05) is 0 Å². The first kappa shape index (κ1) is 13.3. The Bertz CT molecular complexity index is 380. The van der Waals surface area contributed by atoms with E-state index in [1.165, 1.54) is 0 Å². The van der Waals surface area contributed by atoms with E-state index in [0.29, 0.717) is 25.3 Å². The van der Waals surface area contributed by atoms with Gasteiger partial charge in [0.2, 0.25) is 0 Å². The van der Waals surface area contributed by atoms with E-state index in [4.69, 9.17) is 9.47 Å². The third kappa shape index (κ3) is 3.64. The highest BCUT2D eigenvalue weighted by atomic mass is 79.9. The van der Waals surface area contributed by atoms with Crippen LogP contribution in [0.5, 0.6) is 0 Å². The van der Waals surface area contributed by atoms with Crippen molar-refractivity contribution in [3.05, 3.63) is 20.8 Å². The van der Waals surface area contributed by atoms with Crippen LogP contribution in [-0.4, -0.2) is 30.3 Å². The fourth-order valence-electron chi connectivity index (χ4n) is 1.69. The molecule has 0 radical (unpaired) electrons. The molecule has 0 saturated carbocycles. The second-order valence-electron chi connectivity index (χ2n) is 3.83. The van der Waals surface area contributed by atoms with E-state index in [0.717, 1.165) is 21.9 Å². The van der Waals surface area contributed by atoms with Crippen LogP contribution in [0.1, 0.15) is 29.8 Å². The summed E-state index contributed by atoms with van der Waals surface area (Å²) in [6.45, 7) is 1.32. The number of ketones is 1. The molecule has 1 aliphatic rings. The number of rotatable bonds is 5. The summed E-state index contributed by atoms with van der Waals surface area (Å²) in [6, 6.07) is 1.79. The van der Waals surface area contributed by atoms with Gasteiger partial charge in [-0.1, -0.05) is 0 Å². The minimum Gasteiger partial charge on any atom is -0.350 e. The third-order valence-corrected chi connectivity index (χ3v) is 4.34. The van der Waals surface area contributed by atoms with E-state index in [2.05, 4.69) is 36.8 Å². The summed E-state index contributed by atoms with van der Waals surface area (Å²) in [6.07, 6.45) is 1.93. The van der Waals surface area contributed by atoms with Crippen LogP contribution in [0.25, 0.3) is 0 Å². The number of aromatic amines is 1. The fraction of sp³-hybridized carbons (Fsp3) is 0.545. The van der Waals surface area contributed by atoms with Crippen LogP contribution >= 0.6 is 31.9 Å². The monoisotopic (exact) mass is 365 g/mol. The number of aromatic nitrogens is 1. The molecule has 0 spiro atoms. The second kappa shape index (κ2) is 6.13. The van der Waals surface area contributed by atoms with Crippen molar-refractivity contribution in [2.24, 2.45) is 0 Å². The lowest BCUT2D eigenvalue weighted by Crippen LogP contribution is -2.08. The zero-order valence-electron chi connectivity index (χ0n) is 9.17. The van der Waals surface area contributed by atoms with Gasteiger partial charge < -0.3 is 14.5 Å². The van der Waals surface area contributed by atoms with Gasteiger partial charge in [-0.25, -0.2) is 0 Å². The molecule has 94 valence electrons. The molecule has 2 rings (SSSR count). The van der Waals surface area contributed by atoms with E-state index in [-0.39, 0.29) is 12.1 Å². The van der Waals surface area contributed by atoms with Gasteiger partial charge in [0.1, 0.15) is 0 Å². The van der Waals surface area contributed by atoms with Crippen molar-refractivity contribution in [1.29, 1.82) is 0 Å². The Morgan fingerprint density at radius 2 is 2.12 bits per heavy atom. The Labute approximate surface area is 116 Å². The van der Waals surface area contributed by atoms with Gasteiger partial charge in [0.15, 0.2) is 12.1 Å². The molecule has 0 unspecified atom stereocenters. The molecule has 0 atom stereocenters. The topological polar surface area (TPSA) is 51.3 Å². The molecule has 2 heterocycles. The molecule has 0 amide bonds. The van der Waals surface area contributed by atoms with E-state index in [9.17, 15) is 4.79 Å². The first-order chi connectivity index (χ1) is 8.16. The SMILES string of the molecule is O=C(CCCC1OCCO1)c1cc(Br)c(Br)[nH]1. The van der Waals surface area contributed by atoms with Gasteiger partial charge in [-0.05, 0) is 50.8 Å². The van der Waals surface area contributed by atoms with Crippen LogP contribution in [0.4, 0.5) is 0 Å². The molecule has 0 bridgehead atoms. The first-order valence-corrected chi connectivity index (χ1v) is 7.06. The van der Waals surface area contributed by atoms with Crippen molar-refractivity contribution in [3.8, 4) is 0 Å². The summed E-state index contributed by atoms with van der Waals surface area (Å²) in [5.74, 6) is 0.106. The maximum atomic E-state index is 11.8. The molecule has 0 aromatic carbocycles. The number of nitrogens with one attached hydrogen (secondary N) is 1. The lowest BCUT2D eigenvalue weighted by Gasteiger charge is -2.07. The molecular formula is C11H13Br2NO3. The summed E-state index contributed by atoms with van der Waals surface area (Å²) < 4.78 is 12.3. The van der Waals surface area contributed by atoms with Gasteiger partial charge in [-0.2, -0.15) is 0 Å². The minimum atomic E-state index is -0.120. The highest BCUT2D eigenvalue weighted by Gasteiger charge is 2.17. The lowest BCUT2D eigenvalue weighted by atomic mass is 10.1. The van der Waals surface area contributed by atoms with Crippen molar-refractivity contribution in [2.45, 2.75) is 25.6 Å². The van der Waals surface area contributed by atoms with Gasteiger partial charge in [0.05, 0.1) is 28.0 Å². The van der Waals surface area contributed by atoms with Gasteiger partial charge >= 0.3 is 0 Å². The molecule has 1 aliphatic heterocycles. The average Bonchev–Trinajstić information content (AvgIpc) is 2.90. The van der Waals surface area contributed by atoms with Gasteiger partial charge in [-0.3, -0.25) is 4.79 Å². The maximum absolute atomic E-state index is 11.8. The number of carbonyl (C=O) groups excluding carboxylic acids is 1. The highest BCUT2D eigenvalue weighted by Crippen LogP contribution is 2.24. The molecule has 6 heteroatoms. The van der Waals surface area contributed by atoms with Crippen LogP contribution in [0.3, 0.4) is 0 Å². The van der Waals surface area contributed by atoms with Crippen LogP contribution in [0.2, 0.25) is 0 Å². The van der Waals surface area contributed by atoms with Crippen molar-refractivity contribution < 1.29 is 14.3 Å². The Hall–Kier alpha value is -0.170. The van der Waals surface area contributed by atoms with Crippen LogP contribution in [0, 0.1) is 0 Å². The Morgan fingerprint density at radius 3 is 2.71 bits per heavy atom. The Kier molecular flexibility index (Phi) is 4.78. The Morgan fingerprint density at radius 1 is 1.41 bits per heavy atom. The summed E-state index contributed by atoms with van der Waals surface area (Å²) in [4.78, 5) is 14.8. The molecule has 1 N–H and O–H groups in total. The molecule has 1 saturated heterocycles. The van der Waals surface area contributed by atoms with E-state index < -0.39 is 0 Å². The van der Waals surface area contributed by atoms with Crippen LogP contribution in [-0.2, 0) is 9.47 Å². The predicted molar refractivity (Wildman–Crippen MR) is 70.1 cm³/mol. The highest BCUT2D eigenvalue weighted by molar-refractivity contribution is 9.13. The largest absolute Gasteiger partial charge is 0.350 e. The molecule has 17 heavy (non-hydrogen) atoms. The van der Waals surface area contributed by atoms with Crippen molar-refractivity contribution in [2.75, 3.05) is 13.2 Å². The lowest BCUT2D eigenvalue weighted by molar-refractivity contribution is -0.0475. The minimum absolute atomic E-state index is 0.106. The van der Waals surface area contributed by atoms with E-state index in [1.54, 1.807) is 6.07 Å². The quantitative estimate of drug-likeness (QED) is 0.813. The summed E-state index contributed by atoms with van der Waals surface area (Å²) >= 11 is 6.65. The number of hydrogen-bond donors (Lipinski definition) is 1. The van der Waals surface area contributed by atoms with Gasteiger partial charge in [-0.15, -0.1) is 0 Å². The number of H-pyrrole nitrogens is 1. The number of Topliss-reactive ketones (excluding diaryl/α,β-unsaturated/α-hetero) is 1. The first-order valence-electron chi connectivity index (χ1n) is 5.47. The second-order valence-corrected chi connectivity index (χ2v) is 5.48. The van der Waals surface area contributed by atoms with E-state index >= 15 is 0 Å². The summed E-state index contributed by atoms with van der Waals surface area (Å²) in [7, 11) is 0. The molecule has 0 aliphatic carbocycles. The summed E-state index contributed by atoms with van der Waals surface area (Å²) in [5.41, 5.74) is 0.622. The number of ether oxygens (including phenoxy) is 2. The molecule has 4 nitrogen and oxygen atoms in total. The fourth-order valence-corrected chi connectivity index (χ4v) is 2.35. The number of hydrogen-bond acceptors (Lipinski definition) is 3. The average molecular weight is 367 g/mol. The number of halogens is 2. The zero-order chi connectivity index (χ0) is 12.3. The normalized spacial score (nSPS) is 16.6. The van der Waals surface area contributed by atoms with Crippen LogP contribution < -0.4 is 0 Å². The maximum Gasteiger partial charge on any atom is 0.179 e. The van der Waals surface area contributed by atoms with Gasteiger partial charge in [0, 0.05) is 6.42 Å². The smallest absolute Gasteiger partial charge is 0.179 e. The molecule has 1 fully saturated rings. The zero-order valence-corrected chi connectivity index (χ0v) is 12.3. The van der Waals surface area contributed by atoms with Crippen molar-refractivity contribution >= 4 is 37.6 Å². The van der Waals surface area contributed by atoms with Gasteiger partial charge in [0.25, 0.3) is 0 Å². The van der Waals surface area contributed by atoms with Crippen molar-refractivity contribution in [1.82, 2.24) is 4.98 Å². The number of carbonyl (C=O) groups is 1. The standard InChI is InChI=1S/C11H13Br2NO3/c12-7-6-8(14-11(7)13)9(15)2-1-3-10-16-4-5-17-10/h6,10,14H,1-5H2. The molecule has 1 aromatic rings. The Balaban J connectivity index is 1.76.